The van der Waals surface area contributed by atoms with Gasteiger partial charge in [-0.05, 0) is 61.4 Å². The summed E-state index contributed by atoms with van der Waals surface area (Å²) in [6, 6.07) is 9.11. The molecule has 0 aromatic heterocycles. The maximum absolute atomic E-state index is 10.9. The Hall–Kier alpha value is -1.61. The number of nitriles is 1. The summed E-state index contributed by atoms with van der Waals surface area (Å²) >= 11 is 0. The summed E-state index contributed by atoms with van der Waals surface area (Å²) in [5.41, 5.74) is 0.00710. The number of hydrogen-bond acceptors (Lipinski definition) is 5. The third kappa shape index (κ3) is 4.37. The van der Waals surface area contributed by atoms with Crippen LogP contribution in [-0.4, -0.2) is 54.9 Å². The minimum absolute atomic E-state index is 0.243. The molecule has 5 heteroatoms. The largest absolute Gasteiger partial charge is 0.491 e. The number of rotatable bonds is 6. The maximum Gasteiger partial charge on any atom is 0.119 e. The molecular weight excluding hydrogens is 326 g/mol. The predicted octanol–water partition coefficient (Wildman–Crippen LogP) is 2.26. The van der Waals surface area contributed by atoms with Gasteiger partial charge < -0.3 is 15.2 Å². The van der Waals surface area contributed by atoms with Crippen LogP contribution in [0.2, 0.25) is 0 Å². The summed E-state index contributed by atoms with van der Waals surface area (Å²) in [5, 5.41) is 23.3. The molecule has 142 valence electrons. The Balaban J connectivity index is 1.58. The van der Waals surface area contributed by atoms with Gasteiger partial charge in [-0.3, -0.25) is 4.90 Å². The van der Waals surface area contributed by atoms with Crippen LogP contribution in [0, 0.1) is 28.6 Å². The summed E-state index contributed by atoms with van der Waals surface area (Å²) in [6.07, 6.45) is 1.29. The lowest BCUT2D eigenvalue weighted by Gasteiger charge is -2.53. The second-order valence-electron chi connectivity index (χ2n) is 8.81. The first kappa shape index (κ1) is 19.2. The third-order valence-corrected chi connectivity index (χ3v) is 5.98. The number of likely N-dealkylation sites (tertiary alicyclic amines) is 1. The first-order valence-electron chi connectivity index (χ1n) is 9.60. The molecular formula is C21H31N3O2. The van der Waals surface area contributed by atoms with Crippen molar-refractivity contribution >= 4 is 0 Å². The minimum Gasteiger partial charge on any atom is -0.491 e. The quantitative estimate of drug-likeness (QED) is 0.817. The van der Waals surface area contributed by atoms with Crippen molar-refractivity contribution < 1.29 is 9.84 Å². The standard InChI is InChI=1S/C21H31N3O2/c1-16(2)21-8-18(10-23-12-21)11-24(14-21)13-20(3,25)15-26-19-6-4-17(9-22)5-7-19/h4-7,16,18,23,25H,8,10-15H2,1-3H3/t18?,20-,21?/m0/s1. The van der Waals surface area contributed by atoms with Crippen molar-refractivity contribution in [3.05, 3.63) is 29.8 Å². The molecule has 26 heavy (non-hydrogen) atoms. The Bertz CT molecular complexity index is 650. The summed E-state index contributed by atoms with van der Waals surface area (Å²) in [7, 11) is 0. The molecule has 0 radical (unpaired) electrons. The fourth-order valence-electron chi connectivity index (χ4n) is 4.50. The van der Waals surface area contributed by atoms with Crippen molar-refractivity contribution in [3.63, 3.8) is 0 Å². The van der Waals surface area contributed by atoms with Gasteiger partial charge in [-0.15, -0.1) is 0 Å². The van der Waals surface area contributed by atoms with Crippen molar-refractivity contribution in [3.8, 4) is 11.8 Å². The van der Waals surface area contributed by atoms with Gasteiger partial charge in [0.15, 0.2) is 0 Å². The number of nitrogens with one attached hydrogen (secondary N) is 1. The minimum atomic E-state index is -0.912. The molecule has 2 unspecified atom stereocenters. The lowest BCUT2D eigenvalue weighted by Crippen LogP contribution is -2.61. The molecule has 3 rings (SSSR count). The molecule has 3 atom stereocenters. The number of ether oxygens (including phenoxy) is 1. The molecule has 1 aromatic carbocycles. The van der Waals surface area contributed by atoms with Gasteiger partial charge in [0.25, 0.3) is 0 Å². The summed E-state index contributed by atoms with van der Waals surface area (Å²) < 4.78 is 5.78. The molecule has 0 saturated carbocycles. The fraction of sp³-hybridized carbons (Fsp3) is 0.667. The van der Waals surface area contributed by atoms with Crippen LogP contribution < -0.4 is 10.1 Å². The van der Waals surface area contributed by atoms with E-state index in [0.29, 0.717) is 35.1 Å². The highest BCUT2D eigenvalue weighted by Crippen LogP contribution is 2.41. The number of aliphatic hydroxyl groups is 1. The smallest absolute Gasteiger partial charge is 0.119 e. The van der Waals surface area contributed by atoms with Crippen molar-refractivity contribution in [2.75, 3.05) is 39.3 Å². The third-order valence-electron chi connectivity index (χ3n) is 5.98. The molecule has 2 heterocycles. The Morgan fingerprint density at radius 3 is 2.81 bits per heavy atom. The summed E-state index contributed by atoms with van der Waals surface area (Å²) in [4.78, 5) is 2.43. The Kier molecular flexibility index (Phi) is 5.57. The topological polar surface area (TPSA) is 68.5 Å². The zero-order valence-electron chi connectivity index (χ0n) is 16.2. The lowest BCUT2D eigenvalue weighted by molar-refractivity contribution is -0.0654. The molecule has 2 aliphatic rings. The van der Waals surface area contributed by atoms with Crippen LogP contribution in [0.3, 0.4) is 0 Å². The van der Waals surface area contributed by atoms with Crippen LogP contribution in [0.5, 0.6) is 5.75 Å². The maximum atomic E-state index is 10.9. The van der Waals surface area contributed by atoms with E-state index in [9.17, 15) is 5.11 Å². The SMILES string of the molecule is CC(C)C12CNCC(CN(C[C@](C)(O)COc3ccc(C#N)cc3)C1)C2. The van der Waals surface area contributed by atoms with Gasteiger partial charge in [0.05, 0.1) is 11.6 Å². The highest BCUT2D eigenvalue weighted by atomic mass is 16.5. The van der Waals surface area contributed by atoms with Gasteiger partial charge in [0.2, 0.25) is 0 Å². The van der Waals surface area contributed by atoms with Gasteiger partial charge in [0, 0.05) is 26.2 Å². The molecule has 0 amide bonds. The van der Waals surface area contributed by atoms with E-state index in [2.05, 4.69) is 30.1 Å². The van der Waals surface area contributed by atoms with Gasteiger partial charge >= 0.3 is 0 Å². The molecule has 1 aromatic rings. The van der Waals surface area contributed by atoms with Crippen LogP contribution >= 0.6 is 0 Å². The van der Waals surface area contributed by atoms with E-state index in [-0.39, 0.29) is 6.61 Å². The number of hydrogen-bond donors (Lipinski definition) is 2. The van der Waals surface area contributed by atoms with Crippen LogP contribution in [0.1, 0.15) is 32.8 Å². The van der Waals surface area contributed by atoms with Crippen molar-refractivity contribution in [2.24, 2.45) is 17.3 Å². The normalized spacial score (nSPS) is 28.4. The average molecular weight is 357 g/mol. The molecule has 2 N–H and O–H groups in total. The zero-order chi connectivity index (χ0) is 18.8. The number of benzene rings is 1. The second-order valence-corrected chi connectivity index (χ2v) is 8.81. The summed E-state index contributed by atoms with van der Waals surface area (Å²) in [5.74, 6) is 1.97. The van der Waals surface area contributed by atoms with E-state index >= 15 is 0 Å². The number of nitrogens with zero attached hydrogens (tertiary/aromatic N) is 2. The Morgan fingerprint density at radius 2 is 2.15 bits per heavy atom. The Labute approximate surface area is 157 Å². The van der Waals surface area contributed by atoms with E-state index in [1.165, 1.54) is 6.42 Å². The van der Waals surface area contributed by atoms with Crippen molar-refractivity contribution in [1.29, 1.82) is 5.26 Å². The highest BCUT2D eigenvalue weighted by Gasteiger charge is 2.45. The molecule has 2 fully saturated rings. The molecule has 0 aliphatic carbocycles. The lowest BCUT2D eigenvalue weighted by atomic mass is 9.66. The van der Waals surface area contributed by atoms with Crippen LogP contribution in [0.25, 0.3) is 0 Å². The first-order chi connectivity index (χ1) is 12.3. The van der Waals surface area contributed by atoms with Crippen LogP contribution in [0.4, 0.5) is 0 Å². The van der Waals surface area contributed by atoms with E-state index < -0.39 is 5.60 Å². The monoisotopic (exact) mass is 357 g/mol. The predicted molar refractivity (Wildman–Crippen MR) is 102 cm³/mol. The van der Waals surface area contributed by atoms with E-state index in [1.54, 1.807) is 24.3 Å². The number of β-amino-alcohol motifs (C(OH)–C–C–N with tert-alkyl or cyclic N) is 1. The van der Waals surface area contributed by atoms with Crippen LogP contribution in [-0.2, 0) is 0 Å². The van der Waals surface area contributed by atoms with Gasteiger partial charge in [-0.25, -0.2) is 0 Å². The molecule has 5 nitrogen and oxygen atoms in total. The van der Waals surface area contributed by atoms with Crippen molar-refractivity contribution in [2.45, 2.75) is 32.8 Å². The average Bonchev–Trinajstić information content (AvgIpc) is 2.59. The number of fused-ring (bicyclic) bond motifs is 2. The van der Waals surface area contributed by atoms with Gasteiger partial charge in [-0.1, -0.05) is 13.8 Å². The van der Waals surface area contributed by atoms with Gasteiger partial charge in [-0.2, -0.15) is 5.26 Å². The zero-order valence-corrected chi connectivity index (χ0v) is 16.2. The molecule has 2 bridgehead atoms. The molecule has 2 aliphatic heterocycles. The first-order valence-corrected chi connectivity index (χ1v) is 9.60. The number of piperidine rings is 2. The summed E-state index contributed by atoms with van der Waals surface area (Å²) in [6.45, 7) is 11.6. The van der Waals surface area contributed by atoms with Crippen LogP contribution in [0.15, 0.2) is 24.3 Å². The van der Waals surface area contributed by atoms with Gasteiger partial charge in [0.1, 0.15) is 18.0 Å². The highest BCUT2D eigenvalue weighted by molar-refractivity contribution is 5.34. The Morgan fingerprint density at radius 1 is 1.42 bits per heavy atom. The van der Waals surface area contributed by atoms with E-state index in [1.807, 2.05) is 6.92 Å². The van der Waals surface area contributed by atoms with E-state index in [0.717, 1.165) is 26.2 Å². The molecule has 0 spiro atoms. The second kappa shape index (κ2) is 7.56. The van der Waals surface area contributed by atoms with Crippen molar-refractivity contribution in [1.82, 2.24) is 10.2 Å². The molecule has 2 saturated heterocycles. The van der Waals surface area contributed by atoms with E-state index in [4.69, 9.17) is 10.00 Å². The fourth-order valence-corrected chi connectivity index (χ4v) is 4.50.